The molecule has 4 N–H and O–H groups in total. The Morgan fingerprint density at radius 2 is 1.84 bits per heavy atom. The van der Waals surface area contributed by atoms with Crippen molar-refractivity contribution in [2.24, 2.45) is 0 Å². The van der Waals surface area contributed by atoms with Gasteiger partial charge in [-0.05, 0) is 32.1 Å². The number of methoxy groups -OCH3 is 1. The van der Waals surface area contributed by atoms with E-state index in [0.29, 0.717) is 42.5 Å². The number of unbranched alkanes of at least 4 members (excludes halogenated alkanes) is 2. The van der Waals surface area contributed by atoms with E-state index >= 15 is 0 Å². The molecule has 0 radical (unpaired) electrons. The third kappa shape index (κ3) is 8.79. The Hall–Kier alpha value is -3.03. The molecule has 14 heteroatoms. The van der Waals surface area contributed by atoms with Crippen LogP contribution in [-0.4, -0.2) is 83.7 Å². The fourth-order valence-electron chi connectivity index (χ4n) is 4.56. The fourth-order valence-corrected chi connectivity index (χ4v) is 6.10. The van der Waals surface area contributed by atoms with Gasteiger partial charge in [0.2, 0.25) is 5.91 Å². The van der Waals surface area contributed by atoms with Gasteiger partial charge in [0, 0.05) is 42.9 Å². The lowest BCUT2D eigenvalue weighted by Gasteiger charge is -2.19. The van der Waals surface area contributed by atoms with E-state index in [1.165, 1.54) is 7.11 Å². The minimum atomic E-state index is -0.809. The summed E-state index contributed by atoms with van der Waals surface area (Å²) in [6, 6.07) is -0.327. The van der Waals surface area contributed by atoms with Crippen LogP contribution in [-0.2, 0) is 28.8 Å². The standard InChI is InChI=1S/C23H35N5O8S/c1-35-23(34)25-14(12-20(32)36-28-18(30)9-10-19(28)31)6-4-5-11-24-17(29)8-3-2-7-16-21-15(13-37-16)26-22(33)27-21/h14-16,21H,2-13H2,1H3,(H,24,29)(H,25,34)(H2,26,27,33). The number of imide groups is 1. The molecule has 6 amide bonds. The van der Waals surface area contributed by atoms with Gasteiger partial charge in [-0.2, -0.15) is 11.8 Å². The maximum Gasteiger partial charge on any atom is 0.407 e. The number of rotatable bonds is 14. The molecule has 3 rings (SSSR count). The molecule has 3 aliphatic heterocycles. The third-order valence-electron chi connectivity index (χ3n) is 6.50. The zero-order valence-corrected chi connectivity index (χ0v) is 21.7. The highest BCUT2D eigenvalue weighted by Crippen LogP contribution is 2.33. The molecule has 206 valence electrons. The third-order valence-corrected chi connectivity index (χ3v) is 8.01. The summed E-state index contributed by atoms with van der Waals surface area (Å²) in [6.07, 6.45) is 3.78. The molecule has 3 saturated heterocycles. The van der Waals surface area contributed by atoms with Crippen LogP contribution in [0.4, 0.5) is 9.59 Å². The summed E-state index contributed by atoms with van der Waals surface area (Å²) in [7, 11) is 1.20. The average Bonchev–Trinajstić information content (AvgIpc) is 3.51. The number of alkyl carbamates (subject to hydrolysis) is 1. The van der Waals surface area contributed by atoms with Crippen LogP contribution in [0, 0.1) is 0 Å². The van der Waals surface area contributed by atoms with Gasteiger partial charge in [0.15, 0.2) is 0 Å². The van der Waals surface area contributed by atoms with Crippen molar-refractivity contribution in [3.8, 4) is 0 Å². The van der Waals surface area contributed by atoms with E-state index in [9.17, 15) is 28.8 Å². The number of hydrogen-bond donors (Lipinski definition) is 4. The molecule has 3 heterocycles. The first-order valence-electron chi connectivity index (χ1n) is 12.6. The van der Waals surface area contributed by atoms with Crippen molar-refractivity contribution in [3.05, 3.63) is 0 Å². The summed E-state index contributed by atoms with van der Waals surface area (Å²) in [5.41, 5.74) is 0. The van der Waals surface area contributed by atoms with Crippen LogP contribution in [0.2, 0.25) is 0 Å². The summed E-state index contributed by atoms with van der Waals surface area (Å²) < 4.78 is 4.59. The van der Waals surface area contributed by atoms with E-state index in [1.54, 1.807) is 0 Å². The van der Waals surface area contributed by atoms with Gasteiger partial charge < -0.3 is 30.8 Å². The van der Waals surface area contributed by atoms with Crippen LogP contribution in [0.3, 0.4) is 0 Å². The molecule has 0 aromatic rings. The molecule has 3 aliphatic rings. The lowest BCUT2D eigenvalue weighted by atomic mass is 10.0. The second kappa shape index (κ2) is 14.1. The summed E-state index contributed by atoms with van der Waals surface area (Å²) in [4.78, 5) is 75.5. The number of ether oxygens (including phenoxy) is 1. The Labute approximate surface area is 219 Å². The smallest absolute Gasteiger partial charge is 0.407 e. The Kier molecular flexibility index (Phi) is 10.8. The highest BCUT2D eigenvalue weighted by molar-refractivity contribution is 8.00. The lowest BCUT2D eigenvalue weighted by Crippen LogP contribution is -2.39. The average molecular weight is 542 g/mol. The van der Waals surface area contributed by atoms with Gasteiger partial charge in [0.25, 0.3) is 11.8 Å². The molecule has 4 atom stereocenters. The van der Waals surface area contributed by atoms with Crippen molar-refractivity contribution in [2.45, 2.75) is 87.6 Å². The minimum Gasteiger partial charge on any atom is -0.453 e. The topological polar surface area (TPSA) is 172 Å². The SMILES string of the molecule is COC(=O)NC(CCCCNC(=O)CCCCC1SCC2NC(=O)NC21)CC(=O)ON1C(=O)CCC1=O. The molecular weight excluding hydrogens is 506 g/mol. The Bertz CT molecular complexity index is 871. The second-order valence-corrected chi connectivity index (χ2v) is 10.6. The zero-order valence-electron chi connectivity index (χ0n) is 20.9. The van der Waals surface area contributed by atoms with Crippen LogP contribution in [0.5, 0.6) is 0 Å². The van der Waals surface area contributed by atoms with Gasteiger partial charge in [-0.25, -0.2) is 14.4 Å². The molecule has 0 aromatic heterocycles. The highest BCUT2D eigenvalue weighted by Gasteiger charge is 2.42. The monoisotopic (exact) mass is 541 g/mol. The molecule has 37 heavy (non-hydrogen) atoms. The Morgan fingerprint density at radius 1 is 1.08 bits per heavy atom. The van der Waals surface area contributed by atoms with Crippen LogP contribution < -0.4 is 21.3 Å². The van der Waals surface area contributed by atoms with E-state index in [2.05, 4.69) is 26.0 Å². The number of nitrogens with zero attached hydrogens (tertiary/aromatic N) is 1. The summed E-state index contributed by atoms with van der Waals surface area (Å²) in [6.45, 7) is 0.463. The van der Waals surface area contributed by atoms with Crippen LogP contribution in [0.1, 0.15) is 64.2 Å². The second-order valence-electron chi connectivity index (χ2n) is 9.30. The molecule has 0 aliphatic carbocycles. The number of fused-ring (bicyclic) bond motifs is 1. The van der Waals surface area contributed by atoms with E-state index in [-0.39, 0.29) is 43.3 Å². The lowest BCUT2D eigenvalue weighted by molar-refractivity contribution is -0.197. The summed E-state index contributed by atoms with van der Waals surface area (Å²) in [5, 5.41) is 12.2. The molecule has 3 fully saturated rings. The maximum absolute atomic E-state index is 12.2. The van der Waals surface area contributed by atoms with Gasteiger partial charge >= 0.3 is 18.1 Å². The number of nitrogens with one attached hydrogen (secondary N) is 4. The molecule has 13 nitrogen and oxygen atoms in total. The first-order valence-corrected chi connectivity index (χ1v) is 13.7. The van der Waals surface area contributed by atoms with Crippen molar-refractivity contribution in [3.63, 3.8) is 0 Å². The van der Waals surface area contributed by atoms with E-state index in [1.807, 2.05) is 11.8 Å². The van der Waals surface area contributed by atoms with Crippen molar-refractivity contribution >= 4 is 47.6 Å². The van der Waals surface area contributed by atoms with Gasteiger partial charge in [0.05, 0.1) is 25.6 Å². The summed E-state index contributed by atoms with van der Waals surface area (Å²) in [5.74, 6) is -1.06. The number of hydrogen-bond acceptors (Lipinski definition) is 9. The quantitative estimate of drug-likeness (QED) is 0.140. The predicted octanol–water partition coefficient (Wildman–Crippen LogP) is 0.721. The van der Waals surface area contributed by atoms with E-state index in [0.717, 1.165) is 25.0 Å². The first kappa shape index (κ1) is 28.5. The predicted molar refractivity (Wildman–Crippen MR) is 132 cm³/mol. The van der Waals surface area contributed by atoms with Gasteiger partial charge in [-0.15, -0.1) is 5.06 Å². The van der Waals surface area contributed by atoms with Crippen LogP contribution >= 0.6 is 11.8 Å². The van der Waals surface area contributed by atoms with Crippen molar-refractivity contribution < 1.29 is 38.3 Å². The van der Waals surface area contributed by atoms with Gasteiger partial charge in [-0.1, -0.05) is 6.42 Å². The Morgan fingerprint density at radius 3 is 2.57 bits per heavy atom. The molecule has 0 bridgehead atoms. The molecule has 0 aromatic carbocycles. The highest BCUT2D eigenvalue weighted by atomic mass is 32.2. The molecule has 0 spiro atoms. The van der Waals surface area contributed by atoms with Crippen LogP contribution in [0.25, 0.3) is 0 Å². The maximum atomic E-state index is 12.2. The Balaban J connectivity index is 1.27. The van der Waals surface area contributed by atoms with E-state index < -0.39 is 29.9 Å². The molecular formula is C23H35N5O8S. The summed E-state index contributed by atoms with van der Waals surface area (Å²) >= 11 is 1.86. The number of urea groups is 1. The fraction of sp³-hybridized carbons (Fsp3) is 0.739. The first-order chi connectivity index (χ1) is 17.8. The van der Waals surface area contributed by atoms with Crippen LogP contribution in [0.15, 0.2) is 0 Å². The number of carbonyl (C=O) groups is 6. The number of hydroxylamine groups is 2. The van der Waals surface area contributed by atoms with Crippen molar-refractivity contribution in [1.82, 2.24) is 26.3 Å². The molecule has 4 unspecified atom stereocenters. The van der Waals surface area contributed by atoms with Gasteiger partial charge in [0.1, 0.15) is 0 Å². The van der Waals surface area contributed by atoms with Gasteiger partial charge in [-0.3, -0.25) is 14.4 Å². The molecule has 0 saturated carbocycles. The number of carbonyl (C=O) groups excluding carboxylic acids is 6. The number of thioether (sulfide) groups is 1. The largest absolute Gasteiger partial charge is 0.453 e. The van der Waals surface area contributed by atoms with Crippen molar-refractivity contribution in [2.75, 3.05) is 19.4 Å². The zero-order chi connectivity index (χ0) is 26.8. The minimum absolute atomic E-state index is 0.000491. The van der Waals surface area contributed by atoms with E-state index in [4.69, 9.17) is 4.84 Å². The normalized spacial score (nSPS) is 23.2. The van der Waals surface area contributed by atoms with Crippen molar-refractivity contribution in [1.29, 1.82) is 0 Å². The number of amides is 6.